The number of amides is 2. The summed E-state index contributed by atoms with van der Waals surface area (Å²) in [6.07, 6.45) is 3.36. The van der Waals surface area contributed by atoms with Crippen LogP contribution in [0.5, 0.6) is 0 Å². The van der Waals surface area contributed by atoms with Crippen LogP contribution in [0.3, 0.4) is 0 Å². The zero-order valence-corrected chi connectivity index (χ0v) is 18.9. The average Bonchev–Trinajstić information content (AvgIpc) is 3.23. The second-order valence-electron chi connectivity index (χ2n) is 8.74. The van der Waals surface area contributed by atoms with E-state index >= 15 is 0 Å². The molecule has 0 saturated carbocycles. The Bertz CT molecular complexity index is 1290. The summed E-state index contributed by atoms with van der Waals surface area (Å²) in [6.45, 7) is 6.33. The molecule has 0 unspecified atom stereocenters. The van der Waals surface area contributed by atoms with Crippen molar-refractivity contribution in [1.82, 2.24) is 25.1 Å². The Morgan fingerprint density at radius 3 is 2.39 bits per heavy atom. The number of nitrogens with one attached hydrogen (secondary N) is 2. The molecule has 2 N–H and O–H groups in total. The summed E-state index contributed by atoms with van der Waals surface area (Å²) in [4.78, 5) is 33.6. The molecule has 2 aromatic carbocycles. The molecule has 4 rings (SSSR count). The molecule has 0 atom stereocenters. The number of aromatic nitrogens is 4. The molecule has 4 aromatic rings. The van der Waals surface area contributed by atoms with Crippen molar-refractivity contribution in [3.8, 4) is 5.95 Å². The summed E-state index contributed by atoms with van der Waals surface area (Å²) in [5.41, 5.74) is 1.14. The first kappa shape index (κ1) is 22.1. The van der Waals surface area contributed by atoms with Crippen molar-refractivity contribution in [2.45, 2.75) is 32.6 Å². The zero-order chi connectivity index (χ0) is 23.4. The number of fused-ring (bicyclic) bond motifs is 1. The van der Waals surface area contributed by atoms with E-state index in [1.807, 2.05) is 63.2 Å². The molecule has 0 spiro atoms. The number of carbonyl (C=O) groups excluding carboxylic acids is 2. The van der Waals surface area contributed by atoms with Crippen LogP contribution < -0.4 is 10.6 Å². The van der Waals surface area contributed by atoms with Gasteiger partial charge in [-0.25, -0.2) is 9.97 Å². The van der Waals surface area contributed by atoms with Gasteiger partial charge in [-0.05, 0) is 29.0 Å². The maximum absolute atomic E-state index is 12.6. The van der Waals surface area contributed by atoms with Gasteiger partial charge in [0.1, 0.15) is 5.82 Å². The number of hydrogen-bond acceptors (Lipinski definition) is 5. The summed E-state index contributed by atoms with van der Waals surface area (Å²) >= 11 is 0. The van der Waals surface area contributed by atoms with Gasteiger partial charge >= 0.3 is 0 Å². The van der Waals surface area contributed by atoms with Crippen molar-refractivity contribution in [3.63, 3.8) is 0 Å². The molecule has 33 heavy (non-hydrogen) atoms. The smallest absolute Gasteiger partial charge is 0.252 e. The molecule has 168 valence electrons. The lowest BCUT2D eigenvalue weighted by atomic mass is 9.92. The molecule has 0 fully saturated rings. The van der Waals surface area contributed by atoms with Crippen LogP contribution in [0.2, 0.25) is 0 Å². The molecule has 8 heteroatoms. The highest BCUT2D eigenvalue weighted by molar-refractivity contribution is 5.99. The summed E-state index contributed by atoms with van der Waals surface area (Å²) in [7, 11) is 0. The van der Waals surface area contributed by atoms with Gasteiger partial charge in [-0.15, -0.1) is 0 Å². The minimum Gasteiger partial charge on any atom is -0.352 e. The lowest BCUT2D eigenvalue weighted by Crippen LogP contribution is -2.28. The number of anilines is 1. The summed E-state index contributed by atoms with van der Waals surface area (Å²) in [5.74, 6) is 0.391. The first-order valence-electron chi connectivity index (χ1n) is 10.8. The van der Waals surface area contributed by atoms with E-state index in [1.54, 1.807) is 24.5 Å². The van der Waals surface area contributed by atoms with Crippen molar-refractivity contribution < 1.29 is 9.59 Å². The van der Waals surface area contributed by atoms with E-state index < -0.39 is 0 Å². The Morgan fingerprint density at radius 1 is 0.939 bits per heavy atom. The molecule has 2 heterocycles. The van der Waals surface area contributed by atoms with Crippen molar-refractivity contribution >= 4 is 28.4 Å². The van der Waals surface area contributed by atoms with Crippen molar-refractivity contribution in [3.05, 3.63) is 78.2 Å². The highest BCUT2D eigenvalue weighted by Crippen LogP contribution is 2.25. The van der Waals surface area contributed by atoms with Crippen molar-refractivity contribution in [2.24, 2.45) is 0 Å². The number of nitrogens with zero attached hydrogens (tertiary/aromatic N) is 4. The van der Waals surface area contributed by atoms with Crippen LogP contribution in [0.4, 0.5) is 5.82 Å². The second-order valence-corrected chi connectivity index (χ2v) is 8.74. The first-order valence-corrected chi connectivity index (χ1v) is 10.8. The van der Waals surface area contributed by atoms with Gasteiger partial charge in [0.15, 0.2) is 0 Å². The molecule has 0 aliphatic rings. The maximum Gasteiger partial charge on any atom is 0.252 e. The molecule has 0 radical (unpaired) electrons. The minimum absolute atomic E-state index is 0.116. The second kappa shape index (κ2) is 9.20. The Morgan fingerprint density at radius 2 is 1.67 bits per heavy atom. The van der Waals surface area contributed by atoms with Crippen LogP contribution in [-0.2, 0) is 10.2 Å². The third-order valence-corrected chi connectivity index (χ3v) is 5.14. The lowest BCUT2D eigenvalue weighted by Gasteiger charge is -2.13. The topological polar surface area (TPSA) is 102 Å². The third-order valence-electron chi connectivity index (χ3n) is 5.14. The molecule has 2 amide bonds. The van der Waals surface area contributed by atoms with Gasteiger partial charge in [0, 0.05) is 42.4 Å². The summed E-state index contributed by atoms with van der Waals surface area (Å²) in [6, 6.07) is 16.9. The average molecular weight is 443 g/mol. The van der Waals surface area contributed by atoms with E-state index in [2.05, 4.69) is 25.7 Å². The van der Waals surface area contributed by atoms with E-state index in [4.69, 9.17) is 0 Å². The van der Waals surface area contributed by atoms with Gasteiger partial charge in [-0.1, -0.05) is 51.1 Å². The third kappa shape index (κ3) is 5.23. The molecular formula is C25H26N6O2. The van der Waals surface area contributed by atoms with E-state index in [1.165, 1.54) is 4.68 Å². The fourth-order valence-corrected chi connectivity index (χ4v) is 3.32. The SMILES string of the molecule is CC(C)(C)c1cc(NC(=O)CCNC(=O)c2ccc3ccccc3c2)n(-c2ncccn2)n1. The highest BCUT2D eigenvalue weighted by Gasteiger charge is 2.22. The Balaban J connectivity index is 1.40. The van der Waals surface area contributed by atoms with Gasteiger partial charge in [-0.2, -0.15) is 9.78 Å². The Labute approximate surface area is 192 Å². The molecule has 0 saturated heterocycles. The van der Waals surface area contributed by atoms with Crippen LogP contribution in [0.15, 0.2) is 67.0 Å². The van der Waals surface area contributed by atoms with Crippen molar-refractivity contribution in [1.29, 1.82) is 0 Å². The fraction of sp³-hybridized carbons (Fsp3) is 0.240. The number of benzene rings is 2. The first-order chi connectivity index (χ1) is 15.8. The van der Waals surface area contributed by atoms with E-state index in [-0.39, 0.29) is 30.2 Å². The van der Waals surface area contributed by atoms with E-state index in [9.17, 15) is 9.59 Å². The van der Waals surface area contributed by atoms with Gasteiger partial charge in [-0.3, -0.25) is 9.59 Å². The maximum atomic E-state index is 12.6. The Kier molecular flexibility index (Phi) is 6.17. The number of hydrogen-bond donors (Lipinski definition) is 2. The summed E-state index contributed by atoms with van der Waals surface area (Å²) in [5, 5.41) is 12.3. The molecule has 8 nitrogen and oxygen atoms in total. The highest BCUT2D eigenvalue weighted by atomic mass is 16.2. The van der Waals surface area contributed by atoms with E-state index in [0.29, 0.717) is 17.3 Å². The van der Waals surface area contributed by atoms with Crippen LogP contribution >= 0.6 is 0 Å². The van der Waals surface area contributed by atoms with Gasteiger partial charge in [0.25, 0.3) is 11.9 Å². The van der Waals surface area contributed by atoms with Crippen LogP contribution in [0.1, 0.15) is 43.2 Å². The van der Waals surface area contributed by atoms with Gasteiger partial charge < -0.3 is 10.6 Å². The van der Waals surface area contributed by atoms with Crippen LogP contribution in [0, 0.1) is 0 Å². The monoisotopic (exact) mass is 442 g/mol. The number of rotatable bonds is 6. The predicted octanol–water partition coefficient (Wildman–Crippen LogP) is 3.87. The number of carbonyl (C=O) groups is 2. The zero-order valence-electron chi connectivity index (χ0n) is 18.9. The molecule has 2 aromatic heterocycles. The largest absolute Gasteiger partial charge is 0.352 e. The lowest BCUT2D eigenvalue weighted by molar-refractivity contribution is -0.116. The normalized spacial score (nSPS) is 11.4. The predicted molar refractivity (Wildman–Crippen MR) is 127 cm³/mol. The van der Waals surface area contributed by atoms with Crippen molar-refractivity contribution in [2.75, 3.05) is 11.9 Å². The molecular weight excluding hydrogens is 416 g/mol. The van der Waals surface area contributed by atoms with Crippen LogP contribution in [0.25, 0.3) is 16.7 Å². The van der Waals surface area contributed by atoms with E-state index in [0.717, 1.165) is 16.5 Å². The standard InChI is InChI=1S/C25H26N6O2/c1-25(2,3)20-16-21(31(30-20)24-27-12-6-13-28-24)29-22(32)11-14-26-23(33)19-10-9-17-7-4-5-8-18(17)15-19/h4-10,12-13,15-16H,11,14H2,1-3H3,(H,26,33)(H,29,32). The minimum atomic E-state index is -0.244. The van der Waals surface area contributed by atoms with Gasteiger partial charge in [0.05, 0.1) is 5.69 Å². The fourth-order valence-electron chi connectivity index (χ4n) is 3.32. The summed E-state index contributed by atoms with van der Waals surface area (Å²) < 4.78 is 1.52. The molecule has 0 aliphatic carbocycles. The Hall–Kier alpha value is -4.07. The van der Waals surface area contributed by atoms with Crippen LogP contribution in [-0.4, -0.2) is 38.1 Å². The quantitative estimate of drug-likeness (QED) is 0.472. The molecule has 0 aliphatic heterocycles. The molecule has 0 bridgehead atoms. The van der Waals surface area contributed by atoms with Gasteiger partial charge in [0.2, 0.25) is 5.91 Å².